The van der Waals surface area contributed by atoms with Crippen LogP contribution in [0.15, 0.2) is 52.7 Å². The lowest BCUT2D eigenvalue weighted by molar-refractivity contribution is 0.0728. The topological polar surface area (TPSA) is 112 Å². The average Bonchev–Trinajstić information content (AvgIpc) is 2.57. The highest BCUT2D eigenvalue weighted by atomic mass is 35.5. The van der Waals surface area contributed by atoms with Gasteiger partial charge in [-0.15, -0.1) is 17.5 Å². The van der Waals surface area contributed by atoms with E-state index in [0.717, 1.165) is 5.56 Å². The molecular weight excluding hydrogens is 356 g/mol. The standard InChI is InChI=1S/C18H20N4O3.ClH/c1-3-24-16-10-13(11-21-22-18(19)20)6-9-15(16)25-17(23)14-7-4-12(2)5-8-14;/h4-11H,3H2,1-2H3,(H4,19,20,22);1H/b21-11+;. The number of rotatable bonds is 6. The van der Waals surface area contributed by atoms with E-state index in [1.165, 1.54) is 6.21 Å². The summed E-state index contributed by atoms with van der Waals surface area (Å²) in [6.07, 6.45) is 1.47. The fourth-order valence-corrected chi connectivity index (χ4v) is 1.97. The lowest BCUT2D eigenvalue weighted by Crippen LogP contribution is -2.21. The van der Waals surface area contributed by atoms with Gasteiger partial charge < -0.3 is 20.9 Å². The Hall–Kier alpha value is -3.06. The summed E-state index contributed by atoms with van der Waals surface area (Å²) in [5.41, 5.74) is 12.6. The first kappa shape index (κ1) is 21.0. The summed E-state index contributed by atoms with van der Waals surface area (Å²) in [4.78, 5) is 12.3. The van der Waals surface area contributed by atoms with Crippen molar-refractivity contribution in [3.63, 3.8) is 0 Å². The predicted octanol–water partition coefficient (Wildman–Crippen LogP) is 2.64. The van der Waals surface area contributed by atoms with Crippen LogP contribution in [0.3, 0.4) is 0 Å². The highest BCUT2D eigenvalue weighted by molar-refractivity contribution is 5.91. The van der Waals surface area contributed by atoms with Crippen molar-refractivity contribution in [1.82, 2.24) is 0 Å². The monoisotopic (exact) mass is 376 g/mol. The molecule has 0 saturated heterocycles. The lowest BCUT2D eigenvalue weighted by atomic mass is 10.1. The number of hydrogen-bond acceptors (Lipinski definition) is 5. The maximum atomic E-state index is 12.3. The van der Waals surface area contributed by atoms with Crippen LogP contribution in [0.25, 0.3) is 0 Å². The zero-order valence-electron chi connectivity index (χ0n) is 14.5. The average molecular weight is 377 g/mol. The molecule has 0 aromatic heterocycles. The Morgan fingerprint density at radius 2 is 1.81 bits per heavy atom. The molecule has 7 nitrogen and oxygen atoms in total. The van der Waals surface area contributed by atoms with Crippen LogP contribution in [0.5, 0.6) is 11.5 Å². The van der Waals surface area contributed by atoms with Gasteiger partial charge in [0.05, 0.1) is 18.4 Å². The summed E-state index contributed by atoms with van der Waals surface area (Å²) < 4.78 is 11.0. The molecule has 138 valence electrons. The van der Waals surface area contributed by atoms with E-state index in [0.29, 0.717) is 29.2 Å². The molecule has 8 heteroatoms. The highest BCUT2D eigenvalue weighted by Crippen LogP contribution is 2.29. The largest absolute Gasteiger partial charge is 0.490 e. The van der Waals surface area contributed by atoms with Crippen LogP contribution in [0, 0.1) is 6.92 Å². The summed E-state index contributed by atoms with van der Waals surface area (Å²) in [6, 6.07) is 12.2. The molecule has 0 aliphatic rings. The normalized spacial score (nSPS) is 10.1. The van der Waals surface area contributed by atoms with E-state index in [2.05, 4.69) is 10.2 Å². The molecule has 2 rings (SSSR count). The second-order valence-corrected chi connectivity index (χ2v) is 5.16. The number of nitrogens with zero attached hydrogens (tertiary/aromatic N) is 2. The third-order valence-electron chi connectivity index (χ3n) is 3.14. The molecule has 4 N–H and O–H groups in total. The third-order valence-corrected chi connectivity index (χ3v) is 3.14. The van der Waals surface area contributed by atoms with Crippen LogP contribution in [0.2, 0.25) is 0 Å². The van der Waals surface area contributed by atoms with Crippen molar-refractivity contribution in [2.24, 2.45) is 21.7 Å². The van der Waals surface area contributed by atoms with Gasteiger partial charge in [-0.3, -0.25) is 0 Å². The third kappa shape index (κ3) is 6.10. The Bertz CT molecular complexity index is 801. The molecule has 0 amide bonds. The fraction of sp³-hybridized carbons (Fsp3) is 0.167. The summed E-state index contributed by atoms with van der Waals surface area (Å²) >= 11 is 0. The minimum absolute atomic E-state index is 0. The van der Waals surface area contributed by atoms with Crippen molar-refractivity contribution in [2.75, 3.05) is 6.61 Å². The van der Waals surface area contributed by atoms with Gasteiger partial charge in [0.25, 0.3) is 0 Å². The van der Waals surface area contributed by atoms with Gasteiger partial charge in [0.1, 0.15) is 0 Å². The van der Waals surface area contributed by atoms with E-state index < -0.39 is 5.97 Å². The molecule has 2 aromatic rings. The molecule has 0 spiro atoms. The molecule has 0 radical (unpaired) electrons. The number of aryl methyl sites for hydroxylation is 1. The van der Waals surface area contributed by atoms with Crippen molar-refractivity contribution in [3.8, 4) is 11.5 Å². The second-order valence-electron chi connectivity index (χ2n) is 5.16. The number of hydrogen-bond donors (Lipinski definition) is 2. The molecular formula is C18H21ClN4O3. The van der Waals surface area contributed by atoms with Crippen molar-refractivity contribution >= 4 is 30.6 Å². The van der Waals surface area contributed by atoms with Crippen LogP contribution in [0.1, 0.15) is 28.4 Å². The molecule has 0 saturated carbocycles. The predicted molar refractivity (Wildman–Crippen MR) is 104 cm³/mol. The molecule has 0 bridgehead atoms. The number of halogens is 1. The highest BCUT2D eigenvalue weighted by Gasteiger charge is 2.13. The van der Waals surface area contributed by atoms with E-state index >= 15 is 0 Å². The second kappa shape index (κ2) is 10.0. The first-order valence-corrected chi connectivity index (χ1v) is 7.67. The Labute approximate surface area is 158 Å². The van der Waals surface area contributed by atoms with E-state index in [1.54, 1.807) is 30.3 Å². The van der Waals surface area contributed by atoms with Crippen LogP contribution >= 0.6 is 12.4 Å². The van der Waals surface area contributed by atoms with Crippen molar-refractivity contribution in [2.45, 2.75) is 13.8 Å². The zero-order chi connectivity index (χ0) is 18.2. The minimum atomic E-state index is -0.456. The molecule has 0 aliphatic heterocycles. The number of guanidine groups is 1. The number of benzene rings is 2. The van der Waals surface area contributed by atoms with Crippen molar-refractivity contribution in [1.29, 1.82) is 0 Å². The maximum Gasteiger partial charge on any atom is 0.343 e. The Balaban J connectivity index is 0.00000338. The fourth-order valence-electron chi connectivity index (χ4n) is 1.97. The van der Waals surface area contributed by atoms with Gasteiger partial charge in [-0.2, -0.15) is 5.10 Å². The van der Waals surface area contributed by atoms with Crippen LogP contribution in [0.4, 0.5) is 0 Å². The van der Waals surface area contributed by atoms with Crippen LogP contribution in [-0.4, -0.2) is 24.8 Å². The first-order chi connectivity index (χ1) is 12.0. The summed E-state index contributed by atoms with van der Waals surface area (Å²) in [6.45, 7) is 4.21. The van der Waals surface area contributed by atoms with Crippen LogP contribution < -0.4 is 20.9 Å². The molecule has 2 aromatic carbocycles. The van der Waals surface area contributed by atoms with Gasteiger partial charge in [0.15, 0.2) is 11.5 Å². The smallest absolute Gasteiger partial charge is 0.343 e. The van der Waals surface area contributed by atoms with Crippen molar-refractivity contribution < 1.29 is 14.3 Å². The Morgan fingerprint density at radius 1 is 1.12 bits per heavy atom. The summed E-state index contributed by atoms with van der Waals surface area (Å²) in [5, 5.41) is 7.27. The van der Waals surface area contributed by atoms with E-state index in [4.69, 9.17) is 20.9 Å². The Morgan fingerprint density at radius 3 is 2.42 bits per heavy atom. The van der Waals surface area contributed by atoms with E-state index in [9.17, 15) is 4.79 Å². The number of nitrogens with two attached hydrogens (primary N) is 2. The zero-order valence-corrected chi connectivity index (χ0v) is 15.3. The van der Waals surface area contributed by atoms with E-state index in [1.807, 2.05) is 26.0 Å². The molecule has 0 fully saturated rings. The van der Waals surface area contributed by atoms with E-state index in [-0.39, 0.29) is 18.4 Å². The van der Waals surface area contributed by atoms with Gasteiger partial charge in [-0.1, -0.05) is 17.7 Å². The van der Waals surface area contributed by atoms with Gasteiger partial charge in [-0.05, 0) is 49.7 Å². The van der Waals surface area contributed by atoms with Crippen LogP contribution in [-0.2, 0) is 0 Å². The van der Waals surface area contributed by atoms with Gasteiger partial charge in [-0.25, -0.2) is 4.79 Å². The van der Waals surface area contributed by atoms with Gasteiger partial charge in [0, 0.05) is 0 Å². The quantitative estimate of drug-likeness (QED) is 0.264. The number of esters is 1. The SMILES string of the molecule is CCOc1cc(/C=N/N=C(N)N)ccc1OC(=O)c1ccc(C)cc1.Cl. The molecule has 0 unspecified atom stereocenters. The lowest BCUT2D eigenvalue weighted by Gasteiger charge is -2.11. The molecule has 26 heavy (non-hydrogen) atoms. The van der Waals surface area contributed by atoms with Gasteiger partial charge >= 0.3 is 5.97 Å². The summed E-state index contributed by atoms with van der Waals surface area (Å²) in [7, 11) is 0. The van der Waals surface area contributed by atoms with Crippen molar-refractivity contribution in [3.05, 3.63) is 59.2 Å². The number of ether oxygens (including phenoxy) is 2. The maximum absolute atomic E-state index is 12.3. The molecule has 0 heterocycles. The Kier molecular flexibility index (Phi) is 8.11. The number of carbonyl (C=O) groups is 1. The number of carbonyl (C=O) groups excluding carboxylic acids is 1. The molecule has 0 aliphatic carbocycles. The first-order valence-electron chi connectivity index (χ1n) is 7.67. The minimum Gasteiger partial charge on any atom is -0.490 e. The summed E-state index contributed by atoms with van der Waals surface area (Å²) in [5.74, 6) is 0.163. The van der Waals surface area contributed by atoms with Gasteiger partial charge in [0.2, 0.25) is 5.96 Å². The molecule has 0 atom stereocenters.